The zero-order valence-corrected chi connectivity index (χ0v) is 26.9. The van der Waals surface area contributed by atoms with Gasteiger partial charge in [-0.1, -0.05) is 111 Å². The molecule has 0 aliphatic heterocycles. The maximum atomic E-state index is 4.61. The summed E-state index contributed by atoms with van der Waals surface area (Å²) < 4.78 is 0. The Morgan fingerprint density at radius 2 is 1.12 bits per heavy atom. The smallest absolute Gasteiger partial charge is 0.138 e. The fourth-order valence-corrected chi connectivity index (χ4v) is 7.40. The molecule has 0 atom stereocenters. The van der Waals surface area contributed by atoms with Crippen LogP contribution in [0.3, 0.4) is 0 Å². The van der Waals surface area contributed by atoms with Crippen LogP contribution in [0.1, 0.15) is 36.1 Å². The van der Waals surface area contributed by atoms with E-state index in [-0.39, 0.29) is 5.41 Å². The summed E-state index contributed by atoms with van der Waals surface area (Å²) >= 11 is 0. The lowest BCUT2D eigenvalue weighted by Crippen LogP contribution is -2.15. The molecule has 8 aromatic rings. The molecule has 228 valence electrons. The minimum Gasteiger partial charge on any atom is -0.279 e. The monoisotopic (exact) mass is 615 g/mol. The van der Waals surface area contributed by atoms with Crippen molar-refractivity contribution in [3.8, 4) is 11.1 Å². The van der Waals surface area contributed by atoms with Gasteiger partial charge >= 0.3 is 0 Å². The molecule has 2 heterocycles. The molecule has 1 aliphatic rings. The largest absolute Gasteiger partial charge is 0.279 e. The van der Waals surface area contributed by atoms with Gasteiger partial charge in [0.2, 0.25) is 0 Å². The normalized spacial score (nSPS) is 13.3. The second kappa shape index (κ2) is 11.0. The molecule has 0 unspecified atom stereocenters. The molecule has 0 saturated heterocycles. The Kier molecular flexibility index (Phi) is 6.48. The summed E-state index contributed by atoms with van der Waals surface area (Å²) in [4.78, 5) is 11.3. The van der Waals surface area contributed by atoms with Gasteiger partial charge in [0, 0.05) is 23.5 Å². The van der Waals surface area contributed by atoms with Crippen molar-refractivity contribution >= 4 is 61.8 Å². The Bertz CT molecular complexity index is 2470. The van der Waals surface area contributed by atoms with Crippen LogP contribution in [0.4, 0.5) is 17.3 Å². The first kappa shape index (κ1) is 28.2. The number of benzene rings is 6. The second-order valence-corrected chi connectivity index (χ2v) is 13.2. The number of anilines is 3. The molecule has 2 aromatic heterocycles. The van der Waals surface area contributed by atoms with Gasteiger partial charge in [-0.05, 0) is 120 Å². The van der Waals surface area contributed by atoms with Crippen LogP contribution in [-0.2, 0) is 5.41 Å². The molecule has 48 heavy (non-hydrogen) atoms. The first-order chi connectivity index (χ1) is 23.5. The van der Waals surface area contributed by atoms with Crippen LogP contribution < -0.4 is 4.90 Å². The van der Waals surface area contributed by atoms with Crippen molar-refractivity contribution in [2.75, 3.05) is 4.90 Å². The molecule has 0 N–H and O–H groups in total. The zero-order valence-electron chi connectivity index (χ0n) is 26.9. The maximum absolute atomic E-state index is 4.61. The Morgan fingerprint density at radius 1 is 0.479 bits per heavy atom. The van der Waals surface area contributed by atoms with Crippen LogP contribution in [0, 0.1) is 0 Å². The molecule has 0 amide bonds. The van der Waals surface area contributed by atoms with Crippen LogP contribution in [0.2, 0.25) is 0 Å². The SMILES string of the molecule is CC1(C)c2cccc3ccc4cc(-c5ccc(/C=C/c6ccc7cc(N(c8ccccn8)c8ccccn8)ccc7c6)cc5)cc1c4c23. The van der Waals surface area contributed by atoms with Crippen LogP contribution in [-0.4, -0.2) is 9.97 Å². The highest BCUT2D eigenvalue weighted by Crippen LogP contribution is 2.49. The lowest BCUT2D eigenvalue weighted by Gasteiger charge is -2.23. The van der Waals surface area contributed by atoms with E-state index in [0.717, 1.165) is 28.3 Å². The van der Waals surface area contributed by atoms with E-state index >= 15 is 0 Å². The summed E-state index contributed by atoms with van der Waals surface area (Å²) in [7, 11) is 0. The van der Waals surface area contributed by atoms with Gasteiger partial charge in [0.25, 0.3) is 0 Å². The summed E-state index contributed by atoms with van der Waals surface area (Å²) in [5, 5.41) is 7.84. The van der Waals surface area contributed by atoms with Crippen molar-refractivity contribution in [3.05, 3.63) is 174 Å². The second-order valence-electron chi connectivity index (χ2n) is 13.2. The average molecular weight is 616 g/mol. The lowest BCUT2D eigenvalue weighted by molar-refractivity contribution is 0.663. The summed E-state index contributed by atoms with van der Waals surface area (Å²) in [6.07, 6.45) is 8.01. The zero-order chi connectivity index (χ0) is 32.2. The third kappa shape index (κ3) is 4.66. The van der Waals surface area contributed by atoms with Crippen molar-refractivity contribution in [2.24, 2.45) is 0 Å². The highest BCUT2D eigenvalue weighted by atomic mass is 15.2. The lowest BCUT2D eigenvalue weighted by atomic mass is 9.81. The number of hydrogen-bond acceptors (Lipinski definition) is 3. The standard InChI is InChI=1S/C45H33N3/c1-45(2)39-9-7-8-33-20-21-36-27-37(29-40(45)44(36)43(33)39)32-17-14-30(15-18-32)12-13-31-16-19-35-28-38(23-22-34(35)26-31)48(41-10-3-5-24-46-41)42-11-4-6-25-47-42/h3-29H,1-2H3/b13-12+. The molecule has 3 nitrogen and oxygen atoms in total. The summed E-state index contributed by atoms with van der Waals surface area (Å²) in [5.41, 5.74) is 8.71. The number of nitrogens with zero attached hydrogens (tertiary/aromatic N) is 3. The maximum Gasteiger partial charge on any atom is 0.138 e. The van der Waals surface area contributed by atoms with E-state index in [1.807, 2.05) is 48.8 Å². The van der Waals surface area contributed by atoms with Gasteiger partial charge in [-0.3, -0.25) is 4.90 Å². The first-order valence-corrected chi connectivity index (χ1v) is 16.5. The first-order valence-electron chi connectivity index (χ1n) is 16.5. The third-order valence-corrected chi connectivity index (χ3v) is 9.88. The number of rotatable bonds is 6. The van der Waals surface area contributed by atoms with Gasteiger partial charge in [-0.25, -0.2) is 9.97 Å². The highest BCUT2D eigenvalue weighted by Gasteiger charge is 2.34. The molecule has 6 aromatic carbocycles. The molecule has 0 spiro atoms. The summed E-state index contributed by atoms with van der Waals surface area (Å²) in [6.45, 7) is 4.72. The van der Waals surface area contributed by atoms with Crippen LogP contribution in [0.5, 0.6) is 0 Å². The van der Waals surface area contributed by atoms with Crippen molar-refractivity contribution < 1.29 is 0 Å². The number of hydrogen-bond donors (Lipinski definition) is 0. The van der Waals surface area contributed by atoms with Crippen LogP contribution >= 0.6 is 0 Å². The Balaban J connectivity index is 0.984. The number of pyridine rings is 2. The number of aromatic nitrogens is 2. The van der Waals surface area contributed by atoms with E-state index in [9.17, 15) is 0 Å². The minimum atomic E-state index is -0.0147. The Hall–Kier alpha value is -6.06. The molecule has 3 heteroatoms. The summed E-state index contributed by atoms with van der Waals surface area (Å²) in [5.74, 6) is 1.66. The van der Waals surface area contributed by atoms with E-state index in [1.54, 1.807) is 0 Å². The van der Waals surface area contributed by atoms with Crippen molar-refractivity contribution in [2.45, 2.75) is 19.3 Å². The average Bonchev–Trinajstić information content (AvgIpc) is 3.37. The van der Waals surface area contributed by atoms with Gasteiger partial charge in [0.05, 0.1) is 0 Å². The molecule has 1 aliphatic carbocycles. The quantitative estimate of drug-likeness (QED) is 0.138. The predicted octanol–water partition coefficient (Wildman–Crippen LogP) is 11.9. The van der Waals surface area contributed by atoms with E-state index in [4.69, 9.17) is 0 Å². The van der Waals surface area contributed by atoms with Gasteiger partial charge in [0.1, 0.15) is 11.6 Å². The van der Waals surface area contributed by atoms with E-state index in [1.165, 1.54) is 54.7 Å². The summed E-state index contributed by atoms with van der Waals surface area (Å²) in [6, 6.07) is 50.0. The van der Waals surface area contributed by atoms with Gasteiger partial charge in [-0.15, -0.1) is 0 Å². The minimum absolute atomic E-state index is 0.0147. The topological polar surface area (TPSA) is 29.0 Å². The molecule has 0 radical (unpaired) electrons. The highest BCUT2D eigenvalue weighted by molar-refractivity contribution is 6.15. The van der Waals surface area contributed by atoms with E-state index in [2.05, 4.69) is 144 Å². The van der Waals surface area contributed by atoms with Crippen LogP contribution in [0.25, 0.3) is 55.6 Å². The van der Waals surface area contributed by atoms with Crippen LogP contribution in [0.15, 0.2) is 152 Å². The third-order valence-electron chi connectivity index (χ3n) is 9.88. The molecular weight excluding hydrogens is 583 g/mol. The molecule has 0 bridgehead atoms. The number of fused-ring (bicyclic) bond motifs is 1. The van der Waals surface area contributed by atoms with Gasteiger partial charge < -0.3 is 0 Å². The van der Waals surface area contributed by atoms with Gasteiger partial charge in [-0.2, -0.15) is 0 Å². The van der Waals surface area contributed by atoms with E-state index in [0.29, 0.717) is 0 Å². The predicted molar refractivity (Wildman–Crippen MR) is 202 cm³/mol. The fraction of sp³-hybridized carbons (Fsp3) is 0.0667. The molecule has 0 fully saturated rings. The molecule has 0 saturated carbocycles. The van der Waals surface area contributed by atoms with E-state index < -0.39 is 0 Å². The van der Waals surface area contributed by atoms with Crippen molar-refractivity contribution in [1.82, 2.24) is 9.97 Å². The van der Waals surface area contributed by atoms with Crippen molar-refractivity contribution in [1.29, 1.82) is 0 Å². The van der Waals surface area contributed by atoms with Gasteiger partial charge in [0.15, 0.2) is 0 Å². The molecular formula is C45H33N3. The Labute approximate surface area is 280 Å². The van der Waals surface area contributed by atoms with Crippen molar-refractivity contribution in [3.63, 3.8) is 0 Å². The molecule has 9 rings (SSSR count). The fourth-order valence-electron chi connectivity index (χ4n) is 7.40. The Morgan fingerprint density at radius 3 is 1.88 bits per heavy atom.